The molecule has 1 atom stereocenters. The van der Waals surface area contributed by atoms with Crippen LogP contribution in [0.3, 0.4) is 0 Å². The van der Waals surface area contributed by atoms with Crippen LogP contribution in [0.2, 0.25) is 0 Å². The predicted molar refractivity (Wildman–Crippen MR) is 110 cm³/mol. The molecule has 8 heteroatoms. The maximum absolute atomic E-state index is 12.4. The smallest absolute Gasteiger partial charge is 0.234 e. The van der Waals surface area contributed by atoms with Gasteiger partial charge in [-0.1, -0.05) is 49.2 Å². The van der Waals surface area contributed by atoms with Gasteiger partial charge in [-0.15, -0.1) is 0 Å². The number of para-hydroxylation sites is 1. The fourth-order valence-corrected chi connectivity index (χ4v) is 5.16. The minimum absolute atomic E-state index is 0.0722. The lowest BCUT2D eigenvalue weighted by molar-refractivity contribution is -0.123. The molecule has 1 fully saturated rings. The van der Waals surface area contributed by atoms with Crippen molar-refractivity contribution in [1.29, 1.82) is 5.26 Å². The second-order valence-electron chi connectivity index (χ2n) is 7.08. The van der Waals surface area contributed by atoms with Gasteiger partial charge in [-0.25, -0.2) is 4.99 Å². The van der Waals surface area contributed by atoms with Gasteiger partial charge in [-0.05, 0) is 25.0 Å². The first-order chi connectivity index (χ1) is 13.5. The fraction of sp³-hybridized carbons (Fsp3) is 0.400. The second kappa shape index (κ2) is 8.48. The Morgan fingerprint density at radius 2 is 1.93 bits per heavy atom. The summed E-state index contributed by atoms with van der Waals surface area (Å²) in [4.78, 5) is 29.0. The highest BCUT2D eigenvalue weighted by Crippen LogP contribution is 2.52. The number of anilines is 1. The number of amides is 2. The molecule has 1 aromatic carbocycles. The summed E-state index contributed by atoms with van der Waals surface area (Å²) >= 11 is 1.16. The van der Waals surface area contributed by atoms with E-state index in [1.165, 1.54) is 0 Å². The summed E-state index contributed by atoms with van der Waals surface area (Å²) in [6, 6.07) is 11.3. The van der Waals surface area contributed by atoms with Crippen molar-refractivity contribution < 1.29 is 9.59 Å². The van der Waals surface area contributed by atoms with Gasteiger partial charge in [0.2, 0.25) is 11.8 Å². The van der Waals surface area contributed by atoms with Gasteiger partial charge in [0.1, 0.15) is 5.82 Å². The fourth-order valence-electron chi connectivity index (χ4n) is 4.13. The van der Waals surface area contributed by atoms with Crippen molar-refractivity contribution in [3.8, 4) is 6.07 Å². The summed E-state index contributed by atoms with van der Waals surface area (Å²) in [6.45, 7) is 0. The zero-order valence-electron chi connectivity index (χ0n) is 15.5. The quantitative estimate of drug-likeness (QED) is 0.717. The number of hydrogen-bond acceptors (Lipinski definition) is 6. The third kappa shape index (κ3) is 3.90. The van der Waals surface area contributed by atoms with E-state index in [1.54, 1.807) is 12.1 Å². The first-order valence-electron chi connectivity index (χ1n) is 9.24. The van der Waals surface area contributed by atoms with E-state index in [2.05, 4.69) is 16.4 Å². The van der Waals surface area contributed by atoms with Crippen LogP contribution in [0.1, 0.15) is 32.1 Å². The average molecular weight is 398 g/mol. The highest BCUT2D eigenvalue weighted by molar-refractivity contribution is 8.14. The van der Waals surface area contributed by atoms with Gasteiger partial charge in [-0.3, -0.25) is 9.59 Å². The number of thioether (sulfide) groups is 1. The molecule has 28 heavy (non-hydrogen) atoms. The van der Waals surface area contributed by atoms with Crippen LogP contribution in [-0.4, -0.2) is 22.6 Å². The number of nitrogens with two attached hydrogens (primary N) is 2. The normalized spacial score (nSPS) is 21.0. The van der Waals surface area contributed by atoms with E-state index in [0.29, 0.717) is 29.1 Å². The molecular formula is C20H23N5O2S. The van der Waals surface area contributed by atoms with E-state index < -0.39 is 17.2 Å². The molecule has 2 amide bonds. The van der Waals surface area contributed by atoms with Crippen molar-refractivity contribution in [3.63, 3.8) is 0 Å². The number of nitrogens with zero attached hydrogens (tertiary/aromatic N) is 2. The van der Waals surface area contributed by atoms with Gasteiger partial charge in [0.05, 0.1) is 28.4 Å². The largest absolute Gasteiger partial charge is 0.383 e. The number of hydrogen-bond donors (Lipinski definition) is 3. The van der Waals surface area contributed by atoms with E-state index >= 15 is 0 Å². The maximum atomic E-state index is 12.4. The van der Waals surface area contributed by atoms with E-state index in [0.717, 1.165) is 31.0 Å². The number of allylic oxidation sites excluding steroid dienone is 1. The molecule has 0 bridgehead atoms. The topological polar surface area (TPSA) is 134 Å². The van der Waals surface area contributed by atoms with Crippen molar-refractivity contribution >= 4 is 34.3 Å². The van der Waals surface area contributed by atoms with Gasteiger partial charge in [0, 0.05) is 11.1 Å². The minimum Gasteiger partial charge on any atom is -0.383 e. The summed E-state index contributed by atoms with van der Waals surface area (Å²) in [7, 11) is 0. The van der Waals surface area contributed by atoms with Crippen molar-refractivity contribution in [2.75, 3.05) is 11.1 Å². The maximum Gasteiger partial charge on any atom is 0.234 e. The Morgan fingerprint density at radius 1 is 1.25 bits per heavy atom. The first kappa shape index (κ1) is 20.0. The number of rotatable bonds is 4. The molecule has 1 spiro atoms. The number of nitriles is 1. The molecule has 1 aliphatic heterocycles. The molecule has 0 aromatic heterocycles. The van der Waals surface area contributed by atoms with Crippen LogP contribution < -0.4 is 16.8 Å². The van der Waals surface area contributed by atoms with Crippen molar-refractivity contribution in [3.05, 3.63) is 41.7 Å². The average Bonchev–Trinajstić information content (AvgIpc) is 2.67. The Morgan fingerprint density at radius 3 is 2.54 bits per heavy atom. The van der Waals surface area contributed by atoms with Crippen LogP contribution in [0.4, 0.5) is 5.69 Å². The zero-order valence-corrected chi connectivity index (χ0v) is 16.3. The summed E-state index contributed by atoms with van der Waals surface area (Å²) in [5.74, 6) is -1.27. The molecule has 0 unspecified atom stereocenters. The minimum atomic E-state index is -0.732. The van der Waals surface area contributed by atoms with E-state index in [-0.39, 0.29) is 17.5 Å². The van der Waals surface area contributed by atoms with Crippen LogP contribution >= 0.6 is 11.8 Å². The number of carbonyl (C=O) groups excluding carboxylic acids is 2. The van der Waals surface area contributed by atoms with Gasteiger partial charge >= 0.3 is 0 Å². The summed E-state index contributed by atoms with van der Waals surface area (Å²) in [5, 5.41) is 12.9. The van der Waals surface area contributed by atoms with Gasteiger partial charge < -0.3 is 16.8 Å². The molecule has 1 saturated carbocycles. The second-order valence-corrected chi connectivity index (χ2v) is 8.07. The Hall–Kier alpha value is -2.79. The van der Waals surface area contributed by atoms with Crippen LogP contribution in [0.15, 0.2) is 46.7 Å². The zero-order chi connectivity index (χ0) is 20.1. The third-order valence-corrected chi connectivity index (χ3v) is 6.36. The molecule has 0 radical (unpaired) electrons. The lowest BCUT2D eigenvalue weighted by Gasteiger charge is -2.44. The molecule has 0 saturated heterocycles. The monoisotopic (exact) mass is 397 g/mol. The number of primary amides is 1. The Balaban J connectivity index is 1.82. The molecule has 3 rings (SSSR count). The highest BCUT2D eigenvalue weighted by Gasteiger charge is 2.51. The standard InChI is InChI=1S/C20H23N5O2S/c21-11-14-17(22)25-19(16(18(23)27)20(14)9-5-2-6-10-20)28-12-15(26)24-13-7-3-1-4-8-13/h1,3-4,7-8,16H,2,5-6,9-10,12,22H2,(H2,23,27)(H,24,26)/t16-/m0/s1. The Labute approximate surface area is 168 Å². The van der Waals surface area contributed by atoms with Crippen LogP contribution in [0, 0.1) is 22.7 Å². The highest BCUT2D eigenvalue weighted by atomic mass is 32.2. The first-order valence-corrected chi connectivity index (χ1v) is 10.2. The van der Waals surface area contributed by atoms with Crippen LogP contribution in [-0.2, 0) is 9.59 Å². The van der Waals surface area contributed by atoms with Gasteiger partial charge in [0.15, 0.2) is 0 Å². The van der Waals surface area contributed by atoms with Crippen LogP contribution in [0.5, 0.6) is 0 Å². The van der Waals surface area contributed by atoms with E-state index in [4.69, 9.17) is 11.5 Å². The van der Waals surface area contributed by atoms with Crippen molar-refractivity contribution in [2.45, 2.75) is 32.1 Å². The number of benzene rings is 1. The number of aliphatic imine (C=N–C) groups is 1. The van der Waals surface area contributed by atoms with Crippen molar-refractivity contribution in [1.82, 2.24) is 0 Å². The van der Waals surface area contributed by atoms with Crippen LogP contribution in [0.25, 0.3) is 0 Å². The molecule has 1 aliphatic carbocycles. The molecule has 146 valence electrons. The molecule has 1 aromatic rings. The Kier molecular flexibility index (Phi) is 6.05. The van der Waals surface area contributed by atoms with Crippen molar-refractivity contribution in [2.24, 2.45) is 27.8 Å². The third-order valence-electron chi connectivity index (χ3n) is 5.34. The molecule has 2 aliphatic rings. The number of nitrogens with one attached hydrogen (secondary N) is 1. The molecule has 7 nitrogen and oxygen atoms in total. The SMILES string of the molecule is N#CC1=C(N)N=C(SCC(=O)Nc2ccccc2)[C@H](C(N)=O)C12CCCCC2. The van der Waals surface area contributed by atoms with Gasteiger partial charge in [-0.2, -0.15) is 5.26 Å². The molecular weight excluding hydrogens is 374 g/mol. The number of carbonyl (C=O) groups is 2. The van der Waals surface area contributed by atoms with Gasteiger partial charge in [0.25, 0.3) is 0 Å². The lowest BCUT2D eigenvalue weighted by atomic mass is 9.61. The Bertz CT molecular complexity index is 866. The summed E-state index contributed by atoms with van der Waals surface area (Å²) < 4.78 is 0. The summed E-state index contributed by atoms with van der Waals surface area (Å²) in [6.07, 6.45) is 4.17. The lowest BCUT2D eigenvalue weighted by Crippen LogP contribution is -2.48. The van der Waals surface area contributed by atoms with E-state index in [9.17, 15) is 14.9 Å². The van der Waals surface area contributed by atoms with E-state index in [1.807, 2.05) is 18.2 Å². The summed E-state index contributed by atoms with van der Waals surface area (Å²) in [5.41, 5.74) is 12.2. The molecule has 1 heterocycles. The predicted octanol–water partition coefficient (Wildman–Crippen LogP) is 2.52. The molecule has 5 N–H and O–H groups in total.